The average Bonchev–Trinajstić information content (AvgIpc) is 2.89. The van der Waals surface area contributed by atoms with E-state index < -0.39 is 56.4 Å². The van der Waals surface area contributed by atoms with Gasteiger partial charge in [0.25, 0.3) is 0 Å². The Balaban J connectivity index is 1.98. The van der Waals surface area contributed by atoms with Crippen molar-refractivity contribution in [1.82, 2.24) is 15.1 Å². The van der Waals surface area contributed by atoms with E-state index >= 15 is 0 Å². The Morgan fingerprint density at radius 2 is 2.00 bits per heavy atom. The predicted molar refractivity (Wildman–Crippen MR) is 117 cm³/mol. The van der Waals surface area contributed by atoms with Crippen molar-refractivity contribution in [1.29, 1.82) is 0 Å². The van der Waals surface area contributed by atoms with Crippen molar-refractivity contribution in [2.45, 2.75) is 44.8 Å². The molecule has 1 aromatic rings. The fraction of sp³-hybridized carbons (Fsp3) is 0.682. The zero-order chi connectivity index (χ0) is 33.5. The lowest BCUT2D eigenvalue weighted by molar-refractivity contribution is 0.194. The van der Waals surface area contributed by atoms with E-state index in [1.807, 2.05) is 0 Å². The van der Waals surface area contributed by atoms with Crippen molar-refractivity contribution in [2.75, 3.05) is 51.7 Å². The maximum Gasteiger partial charge on any atom is 0.317 e. The smallest absolute Gasteiger partial charge is 0.317 e. The van der Waals surface area contributed by atoms with Crippen LogP contribution in [0, 0.1) is 12.8 Å². The second-order valence-corrected chi connectivity index (χ2v) is 7.06. The van der Waals surface area contributed by atoms with Gasteiger partial charge in [-0.3, -0.25) is 4.90 Å². The lowest BCUT2D eigenvalue weighted by Gasteiger charge is -2.37. The molecule has 2 amide bonds. The number of nitrogens with zero attached hydrogens (tertiary/aromatic N) is 3. The molecule has 3 rings (SSSR count). The minimum absolute atomic E-state index is 0.0351. The summed E-state index contributed by atoms with van der Waals surface area (Å²) in [5, 5.41) is 1.87. The van der Waals surface area contributed by atoms with Gasteiger partial charge in [-0.05, 0) is 62.8 Å². The number of benzene rings is 1. The molecule has 1 heterocycles. The molecular weight excluding hydrogens is 372 g/mol. The molecule has 2 aliphatic rings. The van der Waals surface area contributed by atoms with Crippen molar-refractivity contribution >= 4 is 23.3 Å². The van der Waals surface area contributed by atoms with Crippen molar-refractivity contribution in [2.24, 2.45) is 5.89 Å². The van der Waals surface area contributed by atoms with E-state index in [0.29, 0.717) is 5.56 Å². The van der Waals surface area contributed by atoms with E-state index in [0.717, 1.165) is 4.90 Å². The monoisotopic (exact) mass is 421 g/mol. The van der Waals surface area contributed by atoms with Gasteiger partial charge in [-0.25, -0.2) is 4.79 Å². The van der Waals surface area contributed by atoms with Crippen LogP contribution in [0.4, 0.5) is 10.5 Å². The van der Waals surface area contributed by atoms with Gasteiger partial charge in [-0.1, -0.05) is 23.7 Å². The molecule has 156 valence electrons. The molecule has 0 radical (unpaired) electrons. The Kier molecular flexibility index (Phi) is 3.21. The molecule has 1 N–H and O–H groups in total. The average molecular weight is 422 g/mol. The van der Waals surface area contributed by atoms with Gasteiger partial charge in [0.1, 0.15) is 0 Å². The SMILES string of the molecule is [2H]c1c([2H])c(C)c(Cl)c(N2CCN(CC([2H])([2H])[C@]3([2H])C([2H])([2H])C([2H])([2H])[C@@]([2H])(NC(=O)N(C)C)C([2H])([2H])C3([2H])[2H])CC2)c1[2H]. The minimum atomic E-state index is -3.87. The molecule has 0 aromatic heterocycles. The first-order valence-electron chi connectivity index (χ1n) is 16.4. The number of halogens is 1. The van der Waals surface area contributed by atoms with Crippen LogP contribution in [0.1, 0.15) is 58.0 Å². The fourth-order valence-corrected chi connectivity index (χ4v) is 2.91. The summed E-state index contributed by atoms with van der Waals surface area (Å²) in [4.78, 5) is 16.3. The fourth-order valence-electron chi connectivity index (χ4n) is 2.69. The van der Waals surface area contributed by atoms with Gasteiger partial charge in [-0.2, -0.15) is 0 Å². The summed E-state index contributed by atoms with van der Waals surface area (Å²) >= 11 is 6.40. The number of rotatable bonds is 5. The highest BCUT2D eigenvalue weighted by atomic mass is 35.5. The topological polar surface area (TPSA) is 38.8 Å². The van der Waals surface area contributed by atoms with Crippen LogP contribution in [0.25, 0.3) is 0 Å². The molecular formula is C22H35ClN4O. The third kappa shape index (κ3) is 5.54. The van der Waals surface area contributed by atoms with Crippen molar-refractivity contribution in [3.63, 3.8) is 0 Å². The highest BCUT2D eigenvalue weighted by Gasteiger charge is 2.24. The van der Waals surface area contributed by atoms with E-state index in [2.05, 4.69) is 0 Å². The van der Waals surface area contributed by atoms with E-state index in [1.165, 1.54) is 19.0 Å². The molecule has 1 aliphatic carbocycles. The van der Waals surface area contributed by atoms with Crippen molar-refractivity contribution < 1.29 is 25.4 Å². The Labute approximate surface area is 196 Å². The lowest BCUT2D eigenvalue weighted by Crippen LogP contribution is -2.47. The van der Waals surface area contributed by atoms with E-state index in [4.69, 9.17) is 32.2 Å². The summed E-state index contributed by atoms with van der Waals surface area (Å²) in [5.74, 6) is -3.77. The number of nitrogens with one attached hydrogen (secondary N) is 1. The van der Waals surface area contributed by atoms with E-state index in [1.54, 1.807) is 17.1 Å². The van der Waals surface area contributed by atoms with Crippen LogP contribution in [0.3, 0.4) is 0 Å². The number of piperazine rings is 1. The van der Waals surface area contributed by atoms with Gasteiger partial charge in [0.2, 0.25) is 0 Å². The summed E-state index contributed by atoms with van der Waals surface area (Å²) in [6.45, 7) is 1.04. The molecule has 1 aromatic carbocycles. The minimum Gasteiger partial charge on any atom is -0.368 e. The zero-order valence-corrected chi connectivity index (χ0v) is 16.9. The van der Waals surface area contributed by atoms with Gasteiger partial charge < -0.3 is 15.1 Å². The Bertz CT molecular complexity index is 1230. The summed E-state index contributed by atoms with van der Waals surface area (Å²) < 4.78 is 128. The quantitative estimate of drug-likeness (QED) is 0.781. The Hall–Kier alpha value is -1.46. The predicted octanol–water partition coefficient (Wildman–Crippen LogP) is 3.99. The number of carbonyl (C=O) groups is 1. The molecule has 0 atom stereocenters. The summed E-state index contributed by atoms with van der Waals surface area (Å²) in [6, 6.07) is -5.59. The maximum atomic E-state index is 12.4. The number of urea groups is 1. The molecule has 0 unspecified atom stereocenters. The van der Waals surface area contributed by atoms with E-state index in [-0.39, 0.29) is 55.0 Å². The van der Waals surface area contributed by atoms with Crippen molar-refractivity contribution in [3.05, 3.63) is 28.7 Å². The first kappa shape index (κ1) is 9.13. The molecule has 0 bridgehead atoms. The second kappa shape index (κ2) is 9.84. The third-order valence-electron chi connectivity index (χ3n) is 4.40. The number of anilines is 1. The van der Waals surface area contributed by atoms with Gasteiger partial charge >= 0.3 is 6.03 Å². The van der Waals surface area contributed by atoms with Gasteiger partial charge in [0, 0.05) is 61.4 Å². The number of amides is 2. The Morgan fingerprint density at radius 1 is 1.32 bits per heavy atom. The molecule has 6 heteroatoms. The number of carbonyl (C=O) groups excluding carboxylic acids is 1. The van der Waals surface area contributed by atoms with Crippen LogP contribution < -0.4 is 10.2 Å². The first-order valence-corrected chi connectivity index (χ1v) is 9.30. The van der Waals surface area contributed by atoms with Crippen LogP contribution in [-0.2, 0) is 0 Å². The standard InChI is InChI=1S/C22H35ClN4O/c1-17-5-4-6-20(21(17)23)27-15-13-26(14-16-27)12-11-18-7-9-19(10-8-18)24-22(28)25(2)3/h4-6,18-19H,7-16H2,1-3H3,(H,24,28)/t18-,19-/i4D,5D,6D,7D2,8D2,9D2,10D2,11D2,18D,19D. The van der Waals surface area contributed by atoms with E-state index in [9.17, 15) is 4.79 Å². The third-order valence-corrected chi connectivity index (χ3v) is 4.86. The summed E-state index contributed by atoms with van der Waals surface area (Å²) in [5.41, 5.74) is 0.526. The molecule has 1 saturated heterocycles. The maximum absolute atomic E-state index is 12.4. The summed E-state index contributed by atoms with van der Waals surface area (Å²) in [6.07, 6.45) is -18.6. The first-order chi connectivity index (χ1) is 19.2. The largest absolute Gasteiger partial charge is 0.368 e. The van der Waals surface area contributed by atoms with Gasteiger partial charge in [0.15, 0.2) is 0 Å². The van der Waals surface area contributed by atoms with Crippen LogP contribution in [0.15, 0.2) is 18.1 Å². The molecule has 28 heavy (non-hydrogen) atoms. The number of hydrogen-bond acceptors (Lipinski definition) is 3. The Morgan fingerprint density at radius 3 is 2.64 bits per heavy atom. The molecule has 5 nitrogen and oxygen atoms in total. The highest BCUT2D eigenvalue weighted by molar-refractivity contribution is 6.34. The molecule has 0 spiro atoms. The van der Waals surface area contributed by atoms with Crippen molar-refractivity contribution in [3.8, 4) is 0 Å². The molecule has 1 aliphatic heterocycles. The number of hydrogen-bond donors (Lipinski definition) is 1. The zero-order valence-electron chi connectivity index (χ0n) is 31.2. The van der Waals surface area contributed by atoms with Gasteiger partial charge in [0.05, 0.1) is 16.2 Å². The second-order valence-electron chi connectivity index (χ2n) is 6.68. The van der Waals surface area contributed by atoms with Crippen LogP contribution in [-0.4, -0.2) is 68.7 Å². The molecule has 2 fully saturated rings. The van der Waals surface area contributed by atoms with Crippen LogP contribution in [0.2, 0.25) is 5.02 Å². The summed E-state index contributed by atoms with van der Waals surface area (Å²) in [7, 11) is 2.39. The molecule has 1 saturated carbocycles. The lowest BCUT2D eigenvalue weighted by atomic mass is 9.84. The normalized spacial score (nSPS) is 44.3. The highest BCUT2D eigenvalue weighted by Crippen LogP contribution is 2.30. The van der Waals surface area contributed by atoms with Crippen LogP contribution >= 0.6 is 11.6 Å². The van der Waals surface area contributed by atoms with Crippen LogP contribution in [0.5, 0.6) is 0 Å². The van der Waals surface area contributed by atoms with Gasteiger partial charge in [-0.15, -0.1) is 0 Å².